The molecule has 7 nitrogen and oxygen atoms in total. The molecular formula is C48H47ClO7. The van der Waals surface area contributed by atoms with Crippen molar-refractivity contribution in [1.29, 1.82) is 0 Å². The second kappa shape index (κ2) is 19.4. The van der Waals surface area contributed by atoms with Crippen LogP contribution in [-0.2, 0) is 62.3 Å². The van der Waals surface area contributed by atoms with Crippen LogP contribution in [0.3, 0.4) is 0 Å². The topological polar surface area (TPSA) is 75.6 Å². The van der Waals surface area contributed by atoms with Gasteiger partial charge in [-0.1, -0.05) is 151 Å². The number of hydrogen-bond donors (Lipinski definition) is 1. The quantitative estimate of drug-likeness (QED) is 0.0990. The summed E-state index contributed by atoms with van der Waals surface area (Å²) < 4.78 is 39.4. The molecular weight excluding hydrogens is 724 g/mol. The number of halogens is 1. The fourth-order valence-electron chi connectivity index (χ4n) is 6.85. The first kappa shape index (κ1) is 39.4. The summed E-state index contributed by atoms with van der Waals surface area (Å²) in [6.07, 6.45) is -3.34. The zero-order valence-corrected chi connectivity index (χ0v) is 32.2. The Bertz CT molecular complexity index is 2070. The molecule has 0 bridgehead atoms. The van der Waals surface area contributed by atoms with Crippen molar-refractivity contribution >= 4 is 11.6 Å². The van der Waals surface area contributed by atoms with Gasteiger partial charge in [-0.2, -0.15) is 0 Å². The van der Waals surface area contributed by atoms with E-state index in [4.69, 9.17) is 40.0 Å². The molecule has 1 aliphatic heterocycles. The lowest BCUT2D eigenvalue weighted by Gasteiger charge is -2.50. The second-order valence-electron chi connectivity index (χ2n) is 13.8. The largest absolute Gasteiger partial charge is 0.494 e. The van der Waals surface area contributed by atoms with Crippen LogP contribution in [0.5, 0.6) is 5.75 Å². The van der Waals surface area contributed by atoms with Gasteiger partial charge in [0, 0.05) is 10.6 Å². The average Bonchev–Trinajstić information content (AvgIpc) is 3.24. The lowest BCUT2D eigenvalue weighted by atomic mass is 9.88. The van der Waals surface area contributed by atoms with E-state index in [9.17, 15) is 5.11 Å². The molecule has 0 amide bonds. The normalized spacial score (nSPS) is 20.8. The Morgan fingerprint density at radius 3 is 1.55 bits per heavy atom. The molecule has 1 heterocycles. The average molecular weight is 771 g/mol. The molecule has 0 radical (unpaired) electrons. The standard InChI is InChI=1S/C48H47ClO7/c1-2-51-42-26-23-35(24-27-42)29-40-30-41(25-28-43(40)49)48(50)46(54-33-38-19-11-5-12-20-38)44(52-31-36-15-7-3-8-16-36)45(53-32-37-17-9-4-10-18-37)47(56-48)55-34-39-21-13-6-14-22-39/h3-28,30,44-47,50H,2,29,31-34H2,1H3/t44-,45+,46+,47+,48?/m0/s1. The van der Waals surface area contributed by atoms with Gasteiger partial charge in [0.25, 0.3) is 0 Å². The first-order chi connectivity index (χ1) is 27.5. The molecule has 5 atom stereocenters. The number of aliphatic hydroxyl groups is 1. The van der Waals surface area contributed by atoms with Crippen LogP contribution in [0.15, 0.2) is 164 Å². The smallest absolute Gasteiger partial charge is 0.224 e. The highest BCUT2D eigenvalue weighted by Crippen LogP contribution is 2.43. The summed E-state index contributed by atoms with van der Waals surface area (Å²) in [4.78, 5) is 0. The Labute approximate surface area is 334 Å². The molecule has 6 aromatic carbocycles. The molecule has 56 heavy (non-hydrogen) atoms. The van der Waals surface area contributed by atoms with Crippen LogP contribution in [0.1, 0.15) is 45.9 Å². The zero-order chi connectivity index (χ0) is 38.6. The Balaban J connectivity index is 1.29. The first-order valence-electron chi connectivity index (χ1n) is 19.0. The third kappa shape index (κ3) is 10.1. The van der Waals surface area contributed by atoms with E-state index >= 15 is 0 Å². The Morgan fingerprint density at radius 1 is 0.554 bits per heavy atom. The minimum atomic E-state index is -2.07. The van der Waals surface area contributed by atoms with Crippen LogP contribution in [0.4, 0.5) is 0 Å². The Morgan fingerprint density at radius 2 is 1.04 bits per heavy atom. The van der Waals surface area contributed by atoms with Crippen molar-refractivity contribution in [3.05, 3.63) is 208 Å². The van der Waals surface area contributed by atoms with Gasteiger partial charge in [-0.15, -0.1) is 0 Å². The highest BCUT2D eigenvalue weighted by molar-refractivity contribution is 6.31. The SMILES string of the molecule is CCOc1ccc(Cc2cc(C3(O)O[C@@H](OCc4ccccc4)[C@H](OCc4ccccc4)[C@H](OCc4ccccc4)[C@H]3OCc3ccccc3)ccc2Cl)cc1. The predicted molar refractivity (Wildman–Crippen MR) is 217 cm³/mol. The highest BCUT2D eigenvalue weighted by Gasteiger charge is 2.58. The molecule has 0 saturated carbocycles. The molecule has 0 aromatic heterocycles. The molecule has 7 rings (SSSR count). The van der Waals surface area contributed by atoms with Gasteiger partial charge in [-0.05, 0) is 71.0 Å². The van der Waals surface area contributed by atoms with E-state index in [-0.39, 0.29) is 26.4 Å². The van der Waals surface area contributed by atoms with Crippen molar-refractivity contribution in [2.24, 2.45) is 0 Å². The van der Waals surface area contributed by atoms with Crippen LogP contribution in [-0.4, -0.2) is 36.3 Å². The molecule has 1 aliphatic rings. The van der Waals surface area contributed by atoms with Gasteiger partial charge >= 0.3 is 0 Å². The summed E-state index contributed by atoms with van der Waals surface area (Å²) >= 11 is 6.86. The van der Waals surface area contributed by atoms with Crippen LogP contribution in [0.2, 0.25) is 5.02 Å². The van der Waals surface area contributed by atoms with Gasteiger partial charge in [0.15, 0.2) is 6.29 Å². The fraction of sp³-hybridized carbons (Fsp3) is 0.250. The third-order valence-electron chi connectivity index (χ3n) is 9.76. The monoisotopic (exact) mass is 770 g/mol. The summed E-state index contributed by atoms with van der Waals surface area (Å²) in [5.74, 6) is -1.27. The summed E-state index contributed by atoms with van der Waals surface area (Å²) in [5.41, 5.74) is 6.07. The molecule has 1 unspecified atom stereocenters. The Hall–Kier alpha value is -4.83. The number of ether oxygens (including phenoxy) is 6. The maximum atomic E-state index is 13.2. The molecule has 1 N–H and O–H groups in total. The van der Waals surface area contributed by atoms with Crippen molar-refractivity contribution in [2.75, 3.05) is 6.61 Å². The van der Waals surface area contributed by atoms with E-state index in [0.717, 1.165) is 39.1 Å². The summed E-state index contributed by atoms with van der Waals surface area (Å²) in [6.45, 7) is 3.41. The molecule has 8 heteroatoms. The minimum absolute atomic E-state index is 0.177. The Kier molecular flexibility index (Phi) is 13.6. The summed E-state index contributed by atoms with van der Waals surface area (Å²) in [5, 5.41) is 13.7. The van der Waals surface area contributed by atoms with Crippen LogP contribution in [0, 0.1) is 0 Å². The highest BCUT2D eigenvalue weighted by atomic mass is 35.5. The maximum absolute atomic E-state index is 13.2. The second-order valence-corrected chi connectivity index (χ2v) is 14.2. The summed E-state index contributed by atoms with van der Waals surface area (Å²) in [7, 11) is 0. The molecule has 6 aromatic rings. The van der Waals surface area contributed by atoms with Crippen molar-refractivity contribution in [3.63, 3.8) is 0 Å². The maximum Gasteiger partial charge on any atom is 0.224 e. The van der Waals surface area contributed by atoms with E-state index in [1.54, 1.807) is 12.1 Å². The van der Waals surface area contributed by atoms with Gasteiger partial charge in [0.2, 0.25) is 5.79 Å². The van der Waals surface area contributed by atoms with Gasteiger partial charge < -0.3 is 33.5 Å². The van der Waals surface area contributed by atoms with Crippen molar-refractivity contribution in [1.82, 2.24) is 0 Å². The van der Waals surface area contributed by atoms with E-state index in [2.05, 4.69) is 0 Å². The van der Waals surface area contributed by atoms with Crippen molar-refractivity contribution in [3.8, 4) is 5.75 Å². The number of hydrogen-bond acceptors (Lipinski definition) is 7. The minimum Gasteiger partial charge on any atom is -0.494 e. The van der Waals surface area contributed by atoms with Crippen LogP contribution < -0.4 is 4.74 Å². The van der Waals surface area contributed by atoms with Gasteiger partial charge in [0.05, 0.1) is 33.0 Å². The molecule has 1 saturated heterocycles. The van der Waals surface area contributed by atoms with Crippen molar-refractivity contribution < 1.29 is 33.5 Å². The van der Waals surface area contributed by atoms with Gasteiger partial charge in [-0.3, -0.25) is 0 Å². The first-order valence-corrected chi connectivity index (χ1v) is 19.4. The van der Waals surface area contributed by atoms with E-state index in [0.29, 0.717) is 23.6 Å². The number of rotatable bonds is 17. The molecule has 0 spiro atoms. The molecule has 1 fully saturated rings. The number of benzene rings is 6. The van der Waals surface area contributed by atoms with E-state index in [1.807, 2.05) is 159 Å². The van der Waals surface area contributed by atoms with Crippen LogP contribution >= 0.6 is 11.6 Å². The van der Waals surface area contributed by atoms with Gasteiger partial charge in [-0.25, -0.2) is 0 Å². The van der Waals surface area contributed by atoms with E-state index in [1.165, 1.54) is 0 Å². The lowest BCUT2D eigenvalue weighted by molar-refractivity contribution is -0.416. The van der Waals surface area contributed by atoms with Crippen LogP contribution in [0.25, 0.3) is 0 Å². The molecule has 0 aliphatic carbocycles. The fourth-order valence-corrected chi connectivity index (χ4v) is 7.04. The van der Waals surface area contributed by atoms with Gasteiger partial charge in [0.1, 0.15) is 24.1 Å². The lowest BCUT2D eigenvalue weighted by Crippen LogP contribution is -2.65. The molecule has 288 valence electrons. The van der Waals surface area contributed by atoms with E-state index < -0.39 is 30.4 Å². The van der Waals surface area contributed by atoms with Crippen molar-refractivity contribution in [2.45, 2.75) is 70.2 Å². The predicted octanol–water partition coefficient (Wildman–Crippen LogP) is 9.80. The zero-order valence-electron chi connectivity index (χ0n) is 31.4. The third-order valence-corrected chi connectivity index (χ3v) is 10.1. The summed E-state index contributed by atoms with van der Waals surface area (Å²) in [6, 6.07) is 52.8.